The number of carbonyl (C=O) groups is 2. The van der Waals surface area contributed by atoms with E-state index in [1.807, 2.05) is 26.7 Å². The van der Waals surface area contributed by atoms with Crippen LogP contribution in [-0.2, 0) is 14.3 Å². The van der Waals surface area contributed by atoms with E-state index in [4.69, 9.17) is 9.53 Å². The first-order valence-electron chi connectivity index (χ1n) is 30.4. The summed E-state index contributed by atoms with van der Waals surface area (Å²) in [4.78, 5) is 22.2. The van der Waals surface area contributed by atoms with Crippen molar-refractivity contribution < 1.29 is 19.8 Å². The van der Waals surface area contributed by atoms with Crippen molar-refractivity contribution in [2.75, 3.05) is 26.3 Å². The van der Waals surface area contributed by atoms with Crippen LogP contribution >= 0.6 is 0 Å². The number of hydrogen-bond donors (Lipinski definition) is 0. The molecule has 1 saturated carbocycles. The zero-order valence-electron chi connectivity index (χ0n) is 48.8. The molecule has 5 nitrogen and oxygen atoms in total. The Bertz CT molecular complexity index is 1070. The monoisotopic (exact) mass is 1010 g/mol. The molecule has 2 unspecified atom stereocenters. The predicted molar refractivity (Wildman–Crippen MR) is 322 cm³/mol. The van der Waals surface area contributed by atoms with Gasteiger partial charge >= 0.3 is 0 Å². The lowest BCUT2D eigenvalue weighted by Gasteiger charge is -2.26. The molecule has 1 saturated heterocycles. The summed E-state index contributed by atoms with van der Waals surface area (Å²) in [5, 5.41) is 0. The number of unbranched alkanes of at least 4 members (excludes halogenated alkanes) is 23. The Balaban J connectivity index is -0.000000624. The summed E-state index contributed by atoms with van der Waals surface area (Å²) in [6, 6.07) is 0.576. The molecule has 4 atom stereocenters. The lowest BCUT2D eigenvalue weighted by Crippen LogP contribution is -2.34. The molecule has 0 spiro atoms. The Kier molecular flexibility index (Phi) is 62.5. The quantitative estimate of drug-likeness (QED) is 0.0346. The van der Waals surface area contributed by atoms with Gasteiger partial charge in [0, 0.05) is 24.6 Å². The topological polar surface area (TPSA) is 78.1 Å². The normalized spacial score (nSPS) is 17.4. The highest BCUT2D eigenvalue weighted by atomic mass is 16.5. The molecule has 428 valence electrons. The maximum atomic E-state index is 11.5. The highest BCUT2D eigenvalue weighted by Gasteiger charge is 2.46. The number of hydrogen-bond acceptors (Lipinski definition) is 4. The van der Waals surface area contributed by atoms with Gasteiger partial charge in [-0.05, 0) is 106 Å². The Hall–Kier alpha value is -1.30. The fourth-order valence-corrected chi connectivity index (χ4v) is 10.6. The molecule has 0 radical (unpaired) electrons. The zero-order valence-corrected chi connectivity index (χ0v) is 48.8. The van der Waals surface area contributed by atoms with Crippen molar-refractivity contribution in [3.8, 4) is 0 Å². The fourth-order valence-electron chi connectivity index (χ4n) is 10.6. The third-order valence-electron chi connectivity index (χ3n) is 15.3. The van der Waals surface area contributed by atoms with Gasteiger partial charge in [-0.2, -0.15) is 0 Å². The van der Waals surface area contributed by atoms with Gasteiger partial charge in [0.25, 0.3) is 0 Å². The van der Waals surface area contributed by atoms with Crippen molar-refractivity contribution in [2.24, 2.45) is 34.5 Å². The van der Waals surface area contributed by atoms with Crippen LogP contribution < -0.4 is 0 Å². The van der Waals surface area contributed by atoms with Gasteiger partial charge in [0.1, 0.15) is 13.1 Å². The molecule has 5 heteroatoms. The predicted octanol–water partition coefficient (Wildman–Crippen LogP) is 20.9. The van der Waals surface area contributed by atoms with E-state index in [9.17, 15) is 4.79 Å². The smallest absolute Gasteiger partial charge is 0.125 e. The first kappa shape index (κ1) is 78.6. The SMILES string of the molecule is C.C.C=CCCCCCCCCCCC.C=O.CC.CCCCCCCCC(/C=C\CC(C)(C)CCCCCCOC[C@@H]1C[C@H](C2CC2CCCC)CN1CCCC(C)(C)C=O)CCCCCCCC.O. The molecule has 2 rings (SSSR count). The van der Waals surface area contributed by atoms with E-state index >= 15 is 0 Å². The Morgan fingerprint density at radius 2 is 1.10 bits per heavy atom. The molecule has 2 N–H and O–H groups in total. The van der Waals surface area contributed by atoms with Gasteiger partial charge in [-0.3, -0.25) is 4.90 Å². The van der Waals surface area contributed by atoms with Crippen molar-refractivity contribution in [3.05, 3.63) is 24.8 Å². The van der Waals surface area contributed by atoms with Crippen molar-refractivity contribution in [1.82, 2.24) is 4.90 Å². The third kappa shape index (κ3) is 48.1. The largest absolute Gasteiger partial charge is 0.412 e. The van der Waals surface area contributed by atoms with E-state index in [0.29, 0.717) is 11.5 Å². The van der Waals surface area contributed by atoms with Crippen LogP contribution in [0, 0.1) is 34.5 Å². The van der Waals surface area contributed by atoms with E-state index in [-0.39, 0.29) is 25.7 Å². The molecule has 0 amide bonds. The average molecular weight is 1010 g/mol. The van der Waals surface area contributed by atoms with Gasteiger partial charge in [0.2, 0.25) is 0 Å². The minimum Gasteiger partial charge on any atom is -0.412 e. The summed E-state index contributed by atoms with van der Waals surface area (Å²) < 4.78 is 6.38. The highest BCUT2D eigenvalue weighted by Crippen LogP contribution is 2.51. The van der Waals surface area contributed by atoms with Crippen molar-refractivity contribution in [2.45, 2.75) is 328 Å². The number of likely N-dealkylation sites (tertiary alicyclic amines) is 1. The number of nitrogens with zero attached hydrogens (tertiary/aromatic N) is 1. The molecule has 1 aliphatic heterocycles. The fraction of sp³-hybridized carbons (Fsp3) is 0.909. The molecular weight excluding hydrogens is 871 g/mol. The van der Waals surface area contributed by atoms with Gasteiger partial charge in [-0.25, -0.2) is 0 Å². The van der Waals surface area contributed by atoms with Crippen LogP contribution in [0.4, 0.5) is 0 Å². The van der Waals surface area contributed by atoms with Crippen molar-refractivity contribution >= 4 is 13.1 Å². The molecule has 0 aromatic carbocycles. The van der Waals surface area contributed by atoms with Gasteiger partial charge in [0.15, 0.2) is 0 Å². The number of carbonyl (C=O) groups excluding carboxylic acids is 2. The summed E-state index contributed by atoms with van der Waals surface area (Å²) in [6.45, 7) is 32.3. The van der Waals surface area contributed by atoms with Crippen molar-refractivity contribution in [3.63, 3.8) is 0 Å². The van der Waals surface area contributed by atoms with Crippen LogP contribution in [0.15, 0.2) is 24.8 Å². The molecule has 1 aliphatic carbocycles. The first-order valence-corrected chi connectivity index (χ1v) is 30.4. The molecule has 71 heavy (non-hydrogen) atoms. The Labute approximate surface area is 449 Å². The number of allylic oxidation sites excluding steroid dienone is 3. The molecule has 1 heterocycles. The minimum atomic E-state index is -0.193. The Morgan fingerprint density at radius 3 is 1.61 bits per heavy atom. The summed E-state index contributed by atoms with van der Waals surface area (Å²) in [5.74, 6) is 3.62. The molecule has 0 aromatic rings. The average Bonchev–Trinajstić information content (AvgIpc) is 4.02. The van der Waals surface area contributed by atoms with E-state index in [0.717, 1.165) is 62.6 Å². The first-order chi connectivity index (χ1) is 33.1. The standard InChI is InChI=1S/C48H91NO2.C13H26.C2H6.CH2O.2CH4.H2O/c1-8-11-14-16-18-22-28-42(29-23-19-17-15-12-9-2)30-26-33-47(4,5)32-24-20-21-25-36-51-40-45-37-44(46-38-43(46)31-13-10-3)39-49(45)35-27-34-48(6,7)41-50;1-3-5-7-9-11-13-12-10-8-6-4-2;2*1-2;;;/h26,30,41-46H,8-25,27-29,31-40H2,1-7H3;3H,1,4-13H2,2H3;1-2H3;1H2;2*1H4;1H2/b30-26-;;;;;;/t43?,44-,45-,46?;;;;;;/m0....../s1. The number of ether oxygens (including phenoxy) is 1. The van der Waals surface area contributed by atoms with Crippen LogP contribution in [0.5, 0.6) is 0 Å². The second-order valence-corrected chi connectivity index (χ2v) is 23.0. The second kappa shape index (κ2) is 56.4. The van der Waals surface area contributed by atoms with E-state index in [2.05, 4.69) is 79.0 Å². The van der Waals surface area contributed by atoms with E-state index in [1.165, 1.54) is 231 Å². The Morgan fingerprint density at radius 1 is 0.620 bits per heavy atom. The summed E-state index contributed by atoms with van der Waals surface area (Å²) in [7, 11) is 0. The zero-order chi connectivity index (χ0) is 51.0. The van der Waals surface area contributed by atoms with Gasteiger partial charge in [-0.1, -0.05) is 269 Å². The lowest BCUT2D eigenvalue weighted by atomic mass is 9.83. The molecule has 0 aromatic heterocycles. The molecule has 0 bridgehead atoms. The molecule has 2 fully saturated rings. The van der Waals surface area contributed by atoms with Crippen LogP contribution in [0.1, 0.15) is 322 Å². The van der Waals surface area contributed by atoms with E-state index in [1.54, 1.807) is 0 Å². The van der Waals surface area contributed by atoms with Crippen LogP contribution in [0.25, 0.3) is 0 Å². The van der Waals surface area contributed by atoms with Gasteiger partial charge < -0.3 is 19.8 Å². The van der Waals surface area contributed by atoms with Crippen LogP contribution in [-0.4, -0.2) is 55.8 Å². The van der Waals surface area contributed by atoms with Gasteiger partial charge in [-0.15, -0.1) is 6.58 Å². The minimum absolute atomic E-state index is 0. The third-order valence-corrected chi connectivity index (χ3v) is 15.3. The number of aldehydes is 1. The molecular formula is C66H135NO4. The second-order valence-electron chi connectivity index (χ2n) is 23.0. The highest BCUT2D eigenvalue weighted by molar-refractivity contribution is 5.57. The summed E-state index contributed by atoms with van der Waals surface area (Å²) in [6.07, 6.45) is 58.9. The summed E-state index contributed by atoms with van der Waals surface area (Å²) >= 11 is 0. The lowest BCUT2D eigenvalue weighted by molar-refractivity contribution is -0.115. The van der Waals surface area contributed by atoms with Crippen LogP contribution in [0.2, 0.25) is 0 Å². The van der Waals surface area contributed by atoms with E-state index < -0.39 is 0 Å². The summed E-state index contributed by atoms with van der Waals surface area (Å²) in [5.41, 5.74) is 0.208. The number of rotatable bonds is 45. The maximum absolute atomic E-state index is 11.5. The van der Waals surface area contributed by atoms with Crippen molar-refractivity contribution in [1.29, 1.82) is 0 Å². The van der Waals surface area contributed by atoms with Gasteiger partial charge in [0.05, 0.1) is 6.61 Å². The maximum Gasteiger partial charge on any atom is 0.125 e. The van der Waals surface area contributed by atoms with Crippen LogP contribution in [0.3, 0.4) is 0 Å². The molecule has 2 aliphatic rings.